The summed E-state index contributed by atoms with van der Waals surface area (Å²) in [5.74, 6) is -1.16. The maximum atomic E-state index is 12.5. The van der Waals surface area contributed by atoms with Gasteiger partial charge in [-0.05, 0) is 44.2 Å². The number of rotatable bonds is 7. The molecule has 0 bridgehead atoms. The van der Waals surface area contributed by atoms with Crippen LogP contribution in [0.1, 0.15) is 38.2 Å². The van der Waals surface area contributed by atoms with Crippen molar-refractivity contribution in [2.24, 2.45) is 0 Å². The first-order chi connectivity index (χ1) is 13.6. The molecule has 0 saturated carbocycles. The van der Waals surface area contributed by atoms with Gasteiger partial charge in [-0.2, -0.15) is 0 Å². The van der Waals surface area contributed by atoms with Crippen LogP contribution in [0.4, 0.5) is 0 Å². The Morgan fingerprint density at radius 3 is 2.82 bits per heavy atom. The number of nitrogens with zero attached hydrogens (tertiary/aromatic N) is 1. The number of amides is 1. The summed E-state index contributed by atoms with van der Waals surface area (Å²) in [6, 6.07) is 7.31. The number of ether oxygens (including phenoxy) is 2. The molecule has 1 N–H and O–H groups in total. The maximum absolute atomic E-state index is 12.5. The van der Waals surface area contributed by atoms with Crippen LogP contribution >= 0.6 is 0 Å². The van der Waals surface area contributed by atoms with E-state index >= 15 is 0 Å². The van der Waals surface area contributed by atoms with Gasteiger partial charge in [-0.15, -0.1) is 0 Å². The van der Waals surface area contributed by atoms with Crippen molar-refractivity contribution in [3.05, 3.63) is 36.0 Å². The molecule has 1 aromatic carbocycles. The predicted molar refractivity (Wildman–Crippen MR) is 104 cm³/mol. The highest BCUT2D eigenvalue weighted by Gasteiger charge is 2.33. The first-order valence-corrected chi connectivity index (χ1v) is 9.77. The molecular formula is C21H26N2O5. The third-order valence-electron chi connectivity index (χ3n) is 5.01. The molecule has 2 aromatic rings. The number of hydrogen-bond donors (Lipinski definition) is 1. The predicted octanol–water partition coefficient (Wildman–Crippen LogP) is 2.59. The van der Waals surface area contributed by atoms with Crippen LogP contribution in [0.15, 0.2) is 30.5 Å². The highest BCUT2D eigenvalue weighted by molar-refractivity contribution is 5.87. The second kappa shape index (κ2) is 9.39. The minimum absolute atomic E-state index is 0.191. The van der Waals surface area contributed by atoms with Crippen LogP contribution in [-0.2, 0) is 30.3 Å². The normalized spacial score (nSPS) is 16.8. The highest BCUT2D eigenvalue weighted by atomic mass is 16.5. The van der Waals surface area contributed by atoms with Gasteiger partial charge in [0.05, 0.1) is 6.61 Å². The second-order valence-corrected chi connectivity index (χ2v) is 6.87. The number of fused-ring (bicyclic) bond motifs is 1. The average molecular weight is 386 g/mol. The van der Waals surface area contributed by atoms with Gasteiger partial charge < -0.3 is 19.4 Å². The van der Waals surface area contributed by atoms with Crippen molar-refractivity contribution in [2.45, 2.75) is 45.1 Å². The van der Waals surface area contributed by atoms with Crippen molar-refractivity contribution in [2.75, 3.05) is 19.8 Å². The Hall–Kier alpha value is -2.83. The van der Waals surface area contributed by atoms with Gasteiger partial charge in [0.25, 0.3) is 5.91 Å². The van der Waals surface area contributed by atoms with E-state index in [0.717, 1.165) is 29.3 Å². The number of nitrogens with one attached hydrogen (secondary N) is 1. The van der Waals surface area contributed by atoms with E-state index in [0.29, 0.717) is 19.4 Å². The van der Waals surface area contributed by atoms with Crippen molar-refractivity contribution in [3.8, 4) is 0 Å². The summed E-state index contributed by atoms with van der Waals surface area (Å²) in [4.78, 5) is 41.3. The molecular weight excluding hydrogens is 360 g/mol. The molecule has 1 aromatic heterocycles. The lowest BCUT2D eigenvalue weighted by atomic mass is 10.0. The van der Waals surface area contributed by atoms with Crippen LogP contribution < -0.4 is 0 Å². The number of hydrogen-bond acceptors (Lipinski definition) is 5. The first kappa shape index (κ1) is 19.9. The van der Waals surface area contributed by atoms with Gasteiger partial charge in [0.2, 0.25) is 0 Å². The van der Waals surface area contributed by atoms with E-state index in [9.17, 15) is 14.4 Å². The van der Waals surface area contributed by atoms with Crippen LogP contribution in [0.3, 0.4) is 0 Å². The lowest BCUT2D eigenvalue weighted by molar-refractivity contribution is -0.160. The van der Waals surface area contributed by atoms with Gasteiger partial charge in [0.1, 0.15) is 6.04 Å². The van der Waals surface area contributed by atoms with E-state index in [-0.39, 0.29) is 31.5 Å². The number of aromatic amines is 1. The Morgan fingerprint density at radius 1 is 1.18 bits per heavy atom. The number of aryl methyl sites for hydroxylation is 1. The summed E-state index contributed by atoms with van der Waals surface area (Å²) < 4.78 is 10.2. The monoisotopic (exact) mass is 386 g/mol. The van der Waals surface area contributed by atoms with Crippen molar-refractivity contribution in [1.29, 1.82) is 0 Å². The van der Waals surface area contributed by atoms with Crippen molar-refractivity contribution < 1.29 is 23.9 Å². The number of para-hydroxylation sites is 1. The van der Waals surface area contributed by atoms with Crippen LogP contribution in [0.25, 0.3) is 10.9 Å². The van der Waals surface area contributed by atoms with Gasteiger partial charge in [0, 0.05) is 30.1 Å². The van der Waals surface area contributed by atoms with Gasteiger partial charge in [-0.3, -0.25) is 9.59 Å². The molecule has 2 heterocycles. The van der Waals surface area contributed by atoms with E-state index in [1.54, 1.807) is 6.92 Å². The zero-order valence-corrected chi connectivity index (χ0v) is 16.1. The number of H-pyrrole nitrogens is 1. The van der Waals surface area contributed by atoms with Crippen molar-refractivity contribution >= 4 is 28.7 Å². The molecule has 1 aliphatic rings. The number of piperidine rings is 1. The molecule has 7 nitrogen and oxygen atoms in total. The number of carbonyl (C=O) groups excluding carboxylic acids is 3. The largest absolute Gasteiger partial charge is 0.464 e. The zero-order valence-electron chi connectivity index (χ0n) is 16.1. The van der Waals surface area contributed by atoms with Crippen LogP contribution in [-0.4, -0.2) is 53.5 Å². The number of esters is 2. The molecule has 0 radical (unpaired) electrons. The smallest absolute Gasteiger partial charge is 0.328 e. The molecule has 7 heteroatoms. The molecule has 28 heavy (non-hydrogen) atoms. The molecule has 1 atom stereocenters. The van der Waals surface area contributed by atoms with E-state index < -0.39 is 12.0 Å². The summed E-state index contributed by atoms with van der Waals surface area (Å²) in [5, 5.41) is 1.08. The number of benzene rings is 1. The summed E-state index contributed by atoms with van der Waals surface area (Å²) in [6.45, 7) is 2.15. The molecule has 150 valence electrons. The molecule has 0 unspecified atom stereocenters. The molecule has 1 amide bonds. The SMILES string of the molecule is CCOC(=O)[C@@H]1CCCCN1C(=O)COC(=O)CCc1c[nH]c2ccccc12. The highest BCUT2D eigenvalue weighted by Crippen LogP contribution is 2.20. The Kier molecular flexibility index (Phi) is 6.68. The topological polar surface area (TPSA) is 88.7 Å². The Labute approximate surface area is 164 Å². The minimum atomic E-state index is -0.578. The second-order valence-electron chi connectivity index (χ2n) is 6.87. The third-order valence-corrected chi connectivity index (χ3v) is 5.01. The number of aromatic nitrogens is 1. The molecule has 0 spiro atoms. The summed E-state index contributed by atoms with van der Waals surface area (Å²) in [5.41, 5.74) is 2.06. The standard InChI is InChI=1S/C21H26N2O5/c1-2-27-21(26)18-9-5-6-12-23(18)19(24)14-28-20(25)11-10-15-13-22-17-8-4-3-7-16(15)17/h3-4,7-8,13,18,22H,2,5-6,9-12,14H2,1H3/t18-/m0/s1. The third kappa shape index (κ3) is 4.71. The quantitative estimate of drug-likeness (QED) is 0.739. The Bertz CT molecular complexity index is 844. The Morgan fingerprint density at radius 2 is 2.00 bits per heavy atom. The summed E-state index contributed by atoms with van der Waals surface area (Å²) in [7, 11) is 0. The van der Waals surface area contributed by atoms with Crippen molar-refractivity contribution in [1.82, 2.24) is 9.88 Å². The van der Waals surface area contributed by atoms with Crippen LogP contribution in [0.5, 0.6) is 0 Å². The fourth-order valence-corrected chi connectivity index (χ4v) is 3.59. The van der Waals surface area contributed by atoms with Gasteiger partial charge in [0.15, 0.2) is 6.61 Å². The lowest BCUT2D eigenvalue weighted by Gasteiger charge is -2.33. The fourth-order valence-electron chi connectivity index (χ4n) is 3.59. The fraction of sp³-hybridized carbons (Fsp3) is 0.476. The minimum Gasteiger partial charge on any atom is -0.464 e. The maximum Gasteiger partial charge on any atom is 0.328 e. The summed E-state index contributed by atoms with van der Waals surface area (Å²) in [6.07, 6.45) is 4.90. The Balaban J connectivity index is 1.49. The number of likely N-dealkylation sites (tertiary alicyclic amines) is 1. The van der Waals surface area contributed by atoms with E-state index in [4.69, 9.17) is 9.47 Å². The number of carbonyl (C=O) groups is 3. The molecule has 1 fully saturated rings. The van der Waals surface area contributed by atoms with E-state index in [1.807, 2.05) is 30.5 Å². The van der Waals surface area contributed by atoms with E-state index in [1.165, 1.54) is 4.90 Å². The van der Waals surface area contributed by atoms with Crippen LogP contribution in [0.2, 0.25) is 0 Å². The average Bonchev–Trinajstić information content (AvgIpc) is 3.14. The van der Waals surface area contributed by atoms with Crippen LogP contribution in [0, 0.1) is 0 Å². The molecule has 1 aliphatic heterocycles. The zero-order chi connectivity index (χ0) is 19.9. The van der Waals surface area contributed by atoms with Gasteiger partial charge in [-0.25, -0.2) is 4.79 Å². The summed E-state index contributed by atoms with van der Waals surface area (Å²) >= 11 is 0. The molecule has 1 saturated heterocycles. The van der Waals surface area contributed by atoms with Crippen molar-refractivity contribution in [3.63, 3.8) is 0 Å². The van der Waals surface area contributed by atoms with Gasteiger partial charge in [-0.1, -0.05) is 18.2 Å². The molecule has 0 aliphatic carbocycles. The molecule has 3 rings (SSSR count). The van der Waals surface area contributed by atoms with Gasteiger partial charge >= 0.3 is 11.9 Å². The van der Waals surface area contributed by atoms with E-state index in [2.05, 4.69) is 4.98 Å². The lowest BCUT2D eigenvalue weighted by Crippen LogP contribution is -2.50. The first-order valence-electron chi connectivity index (χ1n) is 9.77.